The molecule has 1 aromatic carbocycles. The number of carbonyl (C=O) groups is 3. The zero-order chi connectivity index (χ0) is 22.0. The Hall–Kier alpha value is -2.84. The molecule has 5 amide bonds. The van der Waals surface area contributed by atoms with Gasteiger partial charge in [-0.05, 0) is 56.2 Å². The van der Waals surface area contributed by atoms with Crippen LogP contribution in [-0.2, 0) is 4.79 Å². The Morgan fingerprint density at radius 2 is 1.87 bits per heavy atom. The average Bonchev–Trinajstić information content (AvgIpc) is 3.42. The van der Waals surface area contributed by atoms with Gasteiger partial charge in [-0.1, -0.05) is 6.07 Å². The number of nitrogens with one attached hydrogen (secondary N) is 1. The van der Waals surface area contributed by atoms with Crippen molar-refractivity contribution in [2.75, 3.05) is 39.3 Å². The predicted octanol–water partition coefficient (Wildman–Crippen LogP) is 2.75. The third-order valence-electron chi connectivity index (χ3n) is 6.18. The minimum Gasteiger partial charge on any atom is -0.490 e. The first kappa shape index (κ1) is 21.4. The SMILES string of the molecule is CC(c1ccc(F)c(OCC2CC2)c1)N1CCN(CCCCN2CC(=O)NC2=O)C1=O. The van der Waals surface area contributed by atoms with Gasteiger partial charge in [-0.2, -0.15) is 0 Å². The Kier molecular flexibility index (Phi) is 6.29. The maximum Gasteiger partial charge on any atom is 0.324 e. The normalized spacial score (nSPS) is 19.9. The molecule has 1 unspecified atom stereocenters. The van der Waals surface area contributed by atoms with E-state index in [1.165, 1.54) is 11.0 Å². The molecule has 31 heavy (non-hydrogen) atoms. The van der Waals surface area contributed by atoms with E-state index in [1.807, 2.05) is 6.92 Å². The Morgan fingerprint density at radius 1 is 1.13 bits per heavy atom. The van der Waals surface area contributed by atoms with Gasteiger partial charge in [-0.3, -0.25) is 10.1 Å². The van der Waals surface area contributed by atoms with Crippen molar-refractivity contribution in [3.05, 3.63) is 29.6 Å². The van der Waals surface area contributed by atoms with Crippen molar-refractivity contribution in [1.82, 2.24) is 20.0 Å². The van der Waals surface area contributed by atoms with Gasteiger partial charge < -0.3 is 19.4 Å². The Balaban J connectivity index is 1.26. The molecular weight excluding hydrogens is 403 g/mol. The lowest BCUT2D eigenvalue weighted by Crippen LogP contribution is -2.34. The molecule has 168 valence electrons. The molecule has 2 heterocycles. The van der Waals surface area contributed by atoms with E-state index < -0.39 is 0 Å². The van der Waals surface area contributed by atoms with Crippen LogP contribution in [0.2, 0.25) is 0 Å². The molecule has 4 rings (SSSR count). The maximum atomic E-state index is 14.1. The van der Waals surface area contributed by atoms with Crippen LogP contribution in [0.25, 0.3) is 0 Å². The van der Waals surface area contributed by atoms with E-state index in [2.05, 4.69) is 5.32 Å². The molecule has 9 heteroatoms. The fourth-order valence-corrected chi connectivity index (χ4v) is 4.00. The van der Waals surface area contributed by atoms with E-state index in [-0.39, 0.29) is 42.1 Å². The summed E-state index contributed by atoms with van der Waals surface area (Å²) in [7, 11) is 0. The lowest BCUT2D eigenvalue weighted by Gasteiger charge is -2.26. The van der Waals surface area contributed by atoms with Gasteiger partial charge in [0.2, 0.25) is 5.91 Å². The van der Waals surface area contributed by atoms with Crippen molar-refractivity contribution in [2.45, 2.75) is 38.6 Å². The molecular formula is C22H29FN4O4. The van der Waals surface area contributed by atoms with Crippen molar-refractivity contribution in [3.63, 3.8) is 0 Å². The highest BCUT2D eigenvalue weighted by Crippen LogP contribution is 2.32. The van der Waals surface area contributed by atoms with Crippen molar-refractivity contribution in [2.24, 2.45) is 5.92 Å². The van der Waals surface area contributed by atoms with Crippen molar-refractivity contribution >= 4 is 18.0 Å². The first-order valence-electron chi connectivity index (χ1n) is 11.0. The fourth-order valence-electron chi connectivity index (χ4n) is 4.00. The molecule has 1 aromatic rings. The smallest absolute Gasteiger partial charge is 0.324 e. The number of unbranched alkanes of at least 4 members (excludes halogenated alkanes) is 1. The number of hydrogen-bond acceptors (Lipinski definition) is 4. The van der Waals surface area contributed by atoms with E-state index in [9.17, 15) is 18.8 Å². The van der Waals surface area contributed by atoms with E-state index in [1.54, 1.807) is 21.9 Å². The van der Waals surface area contributed by atoms with Gasteiger partial charge in [0, 0.05) is 26.2 Å². The molecule has 1 atom stereocenters. The average molecular weight is 432 g/mol. The Morgan fingerprint density at radius 3 is 2.55 bits per heavy atom. The third kappa shape index (κ3) is 5.08. The van der Waals surface area contributed by atoms with Gasteiger partial charge in [-0.25, -0.2) is 14.0 Å². The molecule has 8 nitrogen and oxygen atoms in total. The summed E-state index contributed by atoms with van der Waals surface area (Å²) < 4.78 is 19.7. The van der Waals surface area contributed by atoms with Crippen LogP contribution in [-0.4, -0.2) is 72.0 Å². The zero-order valence-corrected chi connectivity index (χ0v) is 17.8. The largest absolute Gasteiger partial charge is 0.490 e. The van der Waals surface area contributed by atoms with Crippen LogP contribution in [0.5, 0.6) is 5.75 Å². The number of imide groups is 1. The van der Waals surface area contributed by atoms with E-state index in [4.69, 9.17) is 4.74 Å². The number of urea groups is 2. The van der Waals surface area contributed by atoms with E-state index >= 15 is 0 Å². The Labute approximate surface area is 181 Å². The van der Waals surface area contributed by atoms with Gasteiger partial charge in [0.15, 0.2) is 11.6 Å². The van der Waals surface area contributed by atoms with Gasteiger partial charge in [0.1, 0.15) is 6.54 Å². The summed E-state index contributed by atoms with van der Waals surface area (Å²) in [5, 5.41) is 2.26. The minimum atomic E-state index is -0.376. The molecule has 2 saturated heterocycles. The maximum absolute atomic E-state index is 14.1. The van der Waals surface area contributed by atoms with Crippen LogP contribution in [0.15, 0.2) is 18.2 Å². The molecule has 3 aliphatic rings. The summed E-state index contributed by atoms with van der Waals surface area (Å²) in [6.07, 6.45) is 3.75. The van der Waals surface area contributed by atoms with Gasteiger partial charge in [0.05, 0.1) is 12.6 Å². The standard InChI is InChI=1S/C22H29FN4O4/c1-15(17-6-7-18(23)19(12-17)31-14-16-4-5-16)27-11-10-25(22(27)30)8-2-3-9-26-13-20(28)24-21(26)29/h6-7,12,15-16H,2-5,8-11,13-14H2,1H3,(H,24,28,29). The molecule has 0 bridgehead atoms. The summed E-state index contributed by atoms with van der Waals surface area (Å²) in [6, 6.07) is 4.27. The van der Waals surface area contributed by atoms with E-state index in [0.29, 0.717) is 38.7 Å². The number of benzene rings is 1. The zero-order valence-electron chi connectivity index (χ0n) is 17.8. The van der Waals surface area contributed by atoms with E-state index in [0.717, 1.165) is 31.2 Å². The Bertz CT molecular complexity index is 860. The monoisotopic (exact) mass is 432 g/mol. The summed E-state index contributed by atoms with van der Waals surface area (Å²) in [6.45, 7) is 4.94. The lowest BCUT2D eigenvalue weighted by molar-refractivity contribution is -0.118. The minimum absolute atomic E-state index is 0.0358. The second kappa shape index (κ2) is 9.11. The van der Waals surface area contributed by atoms with Gasteiger partial charge in [0.25, 0.3) is 0 Å². The first-order valence-corrected chi connectivity index (χ1v) is 11.0. The summed E-state index contributed by atoms with van der Waals surface area (Å²) in [4.78, 5) is 40.7. The number of nitrogens with zero attached hydrogens (tertiary/aromatic N) is 3. The van der Waals surface area contributed by atoms with Crippen molar-refractivity contribution < 1.29 is 23.5 Å². The highest BCUT2D eigenvalue weighted by molar-refractivity contribution is 6.01. The first-order chi connectivity index (χ1) is 14.9. The van der Waals surface area contributed by atoms with Crippen molar-refractivity contribution in [1.29, 1.82) is 0 Å². The van der Waals surface area contributed by atoms with Crippen LogP contribution in [0.1, 0.15) is 44.2 Å². The molecule has 2 aliphatic heterocycles. The highest BCUT2D eigenvalue weighted by Gasteiger charge is 2.33. The van der Waals surface area contributed by atoms with Gasteiger partial charge in [-0.15, -0.1) is 0 Å². The number of carbonyl (C=O) groups excluding carboxylic acids is 3. The molecule has 1 N–H and O–H groups in total. The lowest BCUT2D eigenvalue weighted by atomic mass is 10.1. The van der Waals surface area contributed by atoms with Crippen LogP contribution in [0, 0.1) is 11.7 Å². The molecule has 3 fully saturated rings. The molecule has 0 aromatic heterocycles. The van der Waals surface area contributed by atoms with Crippen LogP contribution < -0.4 is 10.1 Å². The van der Waals surface area contributed by atoms with Crippen LogP contribution in [0.3, 0.4) is 0 Å². The predicted molar refractivity (Wildman–Crippen MR) is 111 cm³/mol. The van der Waals surface area contributed by atoms with Gasteiger partial charge >= 0.3 is 12.1 Å². The number of ether oxygens (including phenoxy) is 1. The molecule has 1 saturated carbocycles. The summed E-state index contributed by atoms with van der Waals surface area (Å²) in [5.41, 5.74) is 0.854. The third-order valence-corrected chi connectivity index (χ3v) is 6.18. The second-order valence-electron chi connectivity index (χ2n) is 8.57. The molecule has 0 spiro atoms. The molecule has 1 aliphatic carbocycles. The second-order valence-corrected chi connectivity index (χ2v) is 8.57. The summed E-state index contributed by atoms with van der Waals surface area (Å²) in [5.74, 6) is 0.143. The number of halogens is 1. The fraction of sp³-hybridized carbons (Fsp3) is 0.591. The quantitative estimate of drug-likeness (QED) is 0.455. The summed E-state index contributed by atoms with van der Waals surface area (Å²) >= 11 is 0. The number of rotatable bonds is 10. The topological polar surface area (TPSA) is 82.2 Å². The van der Waals surface area contributed by atoms with Crippen molar-refractivity contribution in [3.8, 4) is 5.75 Å². The number of hydrogen-bond donors (Lipinski definition) is 1. The van der Waals surface area contributed by atoms with Crippen LogP contribution >= 0.6 is 0 Å². The highest BCUT2D eigenvalue weighted by atomic mass is 19.1. The molecule has 0 radical (unpaired) electrons. The van der Waals surface area contributed by atoms with Crippen LogP contribution in [0.4, 0.5) is 14.0 Å². The number of amides is 5.